The van der Waals surface area contributed by atoms with E-state index in [-0.39, 0.29) is 22.8 Å². The molecule has 0 N–H and O–H groups in total. The van der Waals surface area contributed by atoms with E-state index in [1.54, 1.807) is 18.2 Å². The van der Waals surface area contributed by atoms with Gasteiger partial charge in [0, 0.05) is 19.2 Å². The van der Waals surface area contributed by atoms with Crippen LogP contribution in [0.1, 0.15) is 25.5 Å². The van der Waals surface area contributed by atoms with Crippen molar-refractivity contribution >= 4 is 11.6 Å². The number of benzene rings is 1. The monoisotopic (exact) mass is 312 g/mol. The lowest BCUT2D eigenvalue weighted by atomic mass is 9.99. The Labute approximate surface area is 133 Å². The molecule has 1 aliphatic rings. The summed E-state index contributed by atoms with van der Waals surface area (Å²) in [6, 6.07) is 8.27. The van der Waals surface area contributed by atoms with Gasteiger partial charge >= 0.3 is 0 Å². The number of nitro groups is 1. The van der Waals surface area contributed by atoms with Crippen molar-refractivity contribution in [1.82, 2.24) is 4.98 Å². The summed E-state index contributed by atoms with van der Waals surface area (Å²) in [5.74, 6) is 1.17. The van der Waals surface area contributed by atoms with E-state index in [2.05, 4.69) is 11.9 Å². The maximum atomic E-state index is 11.2. The summed E-state index contributed by atoms with van der Waals surface area (Å²) < 4.78 is 5.75. The molecule has 1 saturated heterocycles. The molecular weight excluding hydrogens is 296 g/mol. The van der Waals surface area contributed by atoms with Gasteiger partial charge < -0.3 is 9.32 Å². The van der Waals surface area contributed by atoms with E-state index < -0.39 is 4.92 Å². The van der Waals surface area contributed by atoms with E-state index in [9.17, 15) is 15.4 Å². The number of piperidine rings is 1. The Balaban J connectivity index is 2.00. The second-order valence-corrected chi connectivity index (χ2v) is 5.73. The van der Waals surface area contributed by atoms with Crippen molar-refractivity contribution in [2.75, 3.05) is 18.0 Å². The fraction of sp³-hybridized carbons (Fsp3) is 0.375. The number of hydrogen-bond acceptors (Lipinski definition) is 6. The molecule has 1 aliphatic heterocycles. The maximum absolute atomic E-state index is 11.2. The van der Waals surface area contributed by atoms with Crippen LogP contribution in [0.2, 0.25) is 0 Å². The molecular formula is C16H16N4O3. The first kappa shape index (κ1) is 15.0. The van der Waals surface area contributed by atoms with Gasteiger partial charge in [-0.15, -0.1) is 0 Å². The summed E-state index contributed by atoms with van der Waals surface area (Å²) in [6.45, 7) is 3.78. The minimum atomic E-state index is -0.478. The highest BCUT2D eigenvalue weighted by Crippen LogP contribution is 2.34. The number of nitriles is 1. The number of para-hydroxylation sites is 1. The first-order valence-corrected chi connectivity index (χ1v) is 7.50. The molecule has 1 aromatic carbocycles. The standard InChI is InChI=1S/C16H16N4O3/c1-11-6-8-19(9-7-11)16-13(10-17)18-15(23-16)12-4-2-3-5-14(12)20(21)22/h2-5,11H,6-9H2,1H3. The second kappa shape index (κ2) is 6.08. The van der Waals surface area contributed by atoms with Gasteiger partial charge in [-0.25, -0.2) is 0 Å². The topological polar surface area (TPSA) is 96.2 Å². The van der Waals surface area contributed by atoms with Crippen LogP contribution in [0.15, 0.2) is 28.7 Å². The van der Waals surface area contributed by atoms with Crippen LogP contribution in [0.3, 0.4) is 0 Å². The van der Waals surface area contributed by atoms with Crippen molar-refractivity contribution in [3.8, 4) is 17.5 Å². The van der Waals surface area contributed by atoms with E-state index in [0.29, 0.717) is 11.8 Å². The summed E-state index contributed by atoms with van der Waals surface area (Å²) in [5, 5.41) is 20.5. The highest BCUT2D eigenvalue weighted by atomic mass is 16.6. The summed E-state index contributed by atoms with van der Waals surface area (Å²) in [5.41, 5.74) is 0.371. The molecule has 23 heavy (non-hydrogen) atoms. The third-order valence-electron chi connectivity index (χ3n) is 4.12. The van der Waals surface area contributed by atoms with E-state index in [1.807, 2.05) is 11.0 Å². The molecule has 0 spiro atoms. The zero-order chi connectivity index (χ0) is 16.4. The predicted octanol–water partition coefficient (Wildman–Crippen LogP) is 3.36. The minimum absolute atomic E-state index is 0.0861. The van der Waals surface area contributed by atoms with Crippen molar-refractivity contribution in [1.29, 1.82) is 5.26 Å². The Morgan fingerprint density at radius 2 is 2.09 bits per heavy atom. The second-order valence-electron chi connectivity index (χ2n) is 5.73. The van der Waals surface area contributed by atoms with Crippen molar-refractivity contribution in [3.63, 3.8) is 0 Å². The molecule has 2 heterocycles. The molecule has 0 unspecified atom stereocenters. The predicted molar refractivity (Wildman–Crippen MR) is 83.9 cm³/mol. The van der Waals surface area contributed by atoms with Crippen LogP contribution in [0.4, 0.5) is 11.6 Å². The molecule has 1 fully saturated rings. The Kier molecular flexibility index (Phi) is 3.98. The Morgan fingerprint density at radius 1 is 1.39 bits per heavy atom. The van der Waals surface area contributed by atoms with E-state index in [0.717, 1.165) is 25.9 Å². The Morgan fingerprint density at radius 3 is 2.74 bits per heavy atom. The van der Waals surface area contributed by atoms with Crippen LogP contribution in [-0.2, 0) is 0 Å². The largest absolute Gasteiger partial charge is 0.419 e. The average molecular weight is 312 g/mol. The zero-order valence-electron chi connectivity index (χ0n) is 12.7. The molecule has 3 rings (SSSR count). The molecule has 0 atom stereocenters. The number of nitro benzene ring substituents is 1. The molecule has 0 bridgehead atoms. The molecule has 0 saturated carbocycles. The molecule has 0 radical (unpaired) electrons. The lowest BCUT2D eigenvalue weighted by Crippen LogP contribution is -2.32. The van der Waals surface area contributed by atoms with E-state index in [1.165, 1.54) is 6.07 Å². The van der Waals surface area contributed by atoms with Crippen molar-refractivity contribution in [3.05, 3.63) is 40.1 Å². The van der Waals surface area contributed by atoms with Crippen molar-refractivity contribution < 1.29 is 9.34 Å². The smallest absolute Gasteiger partial charge is 0.282 e. The van der Waals surface area contributed by atoms with Crippen LogP contribution in [0.5, 0.6) is 0 Å². The summed E-state index contributed by atoms with van der Waals surface area (Å²) in [4.78, 5) is 16.8. The van der Waals surface area contributed by atoms with Gasteiger partial charge in [-0.05, 0) is 24.8 Å². The molecule has 7 nitrogen and oxygen atoms in total. The fourth-order valence-corrected chi connectivity index (χ4v) is 2.74. The van der Waals surface area contributed by atoms with Crippen molar-refractivity contribution in [2.45, 2.75) is 19.8 Å². The summed E-state index contributed by atoms with van der Waals surface area (Å²) >= 11 is 0. The number of aromatic nitrogens is 1. The fourth-order valence-electron chi connectivity index (χ4n) is 2.74. The highest BCUT2D eigenvalue weighted by Gasteiger charge is 2.26. The Bertz CT molecular complexity index is 770. The number of anilines is 1. The molecule has 7 heteroatoms. The summed E-state index contributed by atoms with van der Waals surface area (Å²) in [6.07, 6.45) is 2.04. The molecule has 0 amide bonds. The van der Waals surface area contributed by atoms with Crippen LogP contribution in [0.25, 0.3) is 11.5 Å². The summed E-state index contributed by atoms with van der Waals surface area (Å²) in [7, 11) is 0. The zero-order valence-corrected chi connectivity index (χ0v) is 12.7. The molecule has 118 valence electrons. The van der Waals surface area contributed by atoms with Crippen molar-refractivity contribution in [2.24, 2.45) is 5.92 Å². The lowest BCUT2D eigenvalue weighted by Gasteiger charge is -2.29. The van der Waals surface area contributed by atoms with Gasteiger partial charge in [0.15, 0.2) is 0 Å². The van der Waals surface area contributed by atoms with Crippen LogP contribution in [0, 0.1) is 27.4 Å². The number of rotatable bonds is 3. The van der Waals surface area contributed by atoms with E-state index >= 15 is 0 Å². The van der Waals surface area contributed by atoms with Gasteiger partial charge in [0.25, 0.3) is 5.69 Å². The van der Waals surface area contributed by atoms with Crippen LogP contribution in [-0.4, -0.2) is 23.0 Å². The van der Waals surface area contributed by atoms with Gasteiger partial charge in [0.2, 0.25) is 17.5 Å². The van der Waals surface area contributed by atoms with Crippen LogP contribution < -0.4 is 4.90 Å². The maximum Gasteiger partial charge on any atom is 0.282 e. The molecule has 2 aromatic rings. The normalized spacial score (nSPS) is 15.4. The average Bonchev–Trinajstić information content (AvgIpc) is 2.99. The third kappa shape index (κ3) is 2.88. The first-order valence-electron chi connectivity index (χ1n) is 7.50. The van der Waals surface area contributed by atoms with Gasteiger partial charge in [-0.3, -0.25) is 10.1 Å². The van der Waals surface area contributed by atoms with Gasteiger partial charge in [-0.2, -0.15) is 10.2 Å². The molecule has 1 aromatic heterocycles. The number of hydrogen-bond donors (Lipinski definition) is 0. The molecule has 0 aliphatic carbocycles. The van der Waals surface area contributed by atoms with Gasteiger partial charge in [0.05, 0.1) is 4.92 Å². The van der Waals surface area contributed by atoms with Gasteiger partial charge in [-0.1, -0.05) is 19.1 Å². The highest BCUT2D eigenvalue weighted by molar-refractivity contribution is 5.69. The number of nitrogens with zero attached hydrogens (tertiary/aromatic N) is 4. The van der Waals surface area contributed by atoms with Gasteiger partial charge in [0.1, 0.15) is 11.6 Å². The quantitative estimate of drug-likeness (QED) is 0.637. The third-order valence-corrected chi connectivity index (χ3v) is 4.12. The number of oxazole rings is 1. The lowest BCUT2D eigenvalue weighted by molar-refractivity contribution is -0.384. The van der Waals surface area contributed by atoms with E-state index in [4.69, 9.17) is 4.42 Å². The first-order chi connectivity index (χ1) is 11.1. The SMILES string of the molecule is CC1CCN(c2oc(-c3ccccc3[N+](=O)[O-])nc2C#N)CC1. The Hall–Kier alpha value is -2.88. The minimum Gasteiger partial charge on any atom is -0.419 e. The van der Waals surface area contributed by atoms with Crippen LogP contribution >= 0.6 is 0 Å².